The van der Waals surface area contributed by atoms with Crippen LogP contribution in [0.5, 0.6) is 0 Å². The van der Waals surface area contributed by atoms with E-state index >= 15 is 0 Å². The number of rotatable bonds is 3. The number of halogens is 1. The van der Waals surface area contributed by atoms with Gasteiger partial charge in [0.25, 0.3) is 0 Å². The van der Waals surface area contributed by atoms with Crippen LogP contribution in [-0.2, 0) is 11.3 Å². The standard InChI is InChI=1S/C16H16ClNO/c17-15-8-6-14(7-9-15)16-18(10-11-19-16)12-13-4-2-1-3-5-13/h1-9,16H,10-12H2/t16-/m1/s1. The lowest BCUT2D eigenvalue weighted by molar-refractivity contribution is 0.0288. The Morgan fingerprint density at radius 3 is 2.53 bits per heavy atom. The maximum absolute atomic E-state index is 5.93. The van der Waals surface area contributed by atoms with Crippen LogP contribution in [0.15, 0.2) is 54.6 Å². The van der Waals surface area contributed by atoms with Gasteiger partial charge in [0.15, 0.2) is 0 Å². The third-order valence-electron chi connectivity index (χ3n) is 3.37. The summed E-state index contributed by atoms with van der Waals surface area (Å²) in [6.45, 7) is 2.65. The van der Waals surface area contributed by atoms with E-state index in [1.54, 1.807) is 0 Å². The van der Waals surface area contributed by atoms with E-state index in [0.29, 0.717) is 0 Å². The van der Waals surface area contributed by atoms with Gasteiger partial charge in [-0.05, 0) is 23.3 Å². The van der Waals surface area contributed by atoms with Gasteiger partial charge in [-0.2, -0.15) is 0 Å². The highest BCUT2D eigenvalue weighted by Crippen LogP contribution is 2.29. The molecule has 0 amide bonds. The topological polar surface area (TPSA) is 12.5 Å². The Balaban J connectivity index is 1.76. The lowest BCUT2D eigenvalue weighted by Crippen LogP contribution is -2.23. The van der Waals surface area contributed by atoms with Crippen LogP contribution in [0.4, 0.5) is 0 Å². The fraction of sp³-hybridized carbons (Fsp3) is 0.250. The zero-order chi connectivity index (χ0) is 13.1. The summed E-state index contributed by atoms with van der Waals surface area (Å²) < 4.78 is 5.85. The minimum Gasteiger partial charge on any atom is -0.357 e. The van der Waals surface area contributed by atoms with Crippen molar-refractivity contribution in [2.45, 2.75) is 12.8 Å². The Bertz CT molecular complexity index is 526. The van der Waals surface area contributed by atoms with Gasteiger partial charge in [0.1, 0.15) is 6.23 Å². The molecule has 1 aliphatic rings. The Morgan fingerprint density at radius 1 is 1.05 bits per heavy atom. The highest BCUT2D eigenvalue weighted by Gasteiger charge is 2.26. The first-order valence-corrected chi connectivity index (χ1v) is 6.86. The zero-order valence-corrected chi connectivity index (χ0v) is 11.4. The van der Waals surface area contributed by atoms with Crippen LogP contribution in [-0.4, -0.2) is 18.1 Å². The van der Waals surface area contributed by atoms with E-state index < -0.39 is 0 Å². The van der Waals surface area contributed by atoms with Crippen molar-refractivity contribution in [1.29, 1.82) is 0 Å². The van der Waals surface area contributed by atoms with E-state index in [1.807, 2.05) is 30.3 Å². The predicted molar refractivity (Wildman–Crippen MR) is 77.0 cm³/mol. The molecule has 3 heteroatoms. The minimum absolute atomic E-state index is 0.0393. The summed E-state index contributed by atoms with van der Waals surface area (Å²) in [7, 11) is 0. The highest BCUT2D eigenvalue weighted by molar-refractivity contribution is 6.30. The van der Waals surface area contributed by atoms with Gasteiger partial charge in [-0.15, -0.1) is 0 Å². The van der Waals surface area contributed by atoms with Gasteiger partial charge < -0.3 is 4.74 Å². The molecule has 1 fully saturated rings. The van der Waals surface area contributed by atoms with Crippen LogP contribution in [0.2, 0.25) is 5.02 Å². The minimum atomic E-state index is 0.0393. The summed E-state index contributed by atoms with van der Waals surface area (Å²) in [6.07, 6.45) is 0.0393. The van der Waals surface area contributed by atoms with E-state index in [0.717, 1.165) is 30.3 Å². The highest BCUT2D eigenvalue weighted by atomic mass is 35.5. The maximum Gasteiger partial charge on any atom is 0.137 e. The largest absolute Gasteiger partial charge is 0.357 e. The second kappa shape index (κ2) is 5.74. The van der Waals surface area contributed by atoms with Crippen molar-refractivity contribution >= 4 is 11.6 Å². The Kier molecular flexibility index (Phi) is 3.83. The number of benzene rings is 2. The molecule has 19 heavy (non-hydrogen) atoms. The van der Waals surface area contributed by atoms with Crippen molar-refractivity contribution in [1.82, 2.24) is 4.90 Å². The van der Waals surface area contributed by atoms with Crippen LogP contribution in [0, 0.1) is 0 Å². The number of ether oxygens (including phenoxy) is 1. The molecule has 1 saturated heterocycles. The van der Waals surface area contributed by atoms with Gasteiger partial charge in [0.2, 0.25) is 0 Å². The number of nitrogens with zero attached hydrogens (tertiary/aromatic N) is 1. The Hall–Kier alpha value is -1.35. The third kappa shape index (κ3) is 2.98. The molecule has 98 valence electrons. The molecule has 2 nitrogen and oxygen atoms in total. The molecule has 0 bridgehead atoms. The summed E-state index contributed by atoms with van der Waals surface area (Å²) in [5.41, 5.74) is 2.48. The molecular formula is C16H16ClNO. The molecule has 1 heterocycles. The van der Waals surface area contributed by atoms with Crippen molar-refractivity contribution in [3.05, 3.63) is 70.7 Å². The van der Waals surface area contributed by atoms with Crippen molar-refractivity contribution < 1.29 is 4.74 Å². The normalized spacial score (nSPS) is 19.7. The van der Waals surface area contributed by atoms with E-state index in [2.05, 4.69) is 29.2 Å². The molecule has 0 saturated carbocycles. The summed E-state index contributed by atoms with van der Waals surface area (Å²) in [6, 6.07) is 18.4. The van der Waals surface area contributed by atoms with Crippen molar-refractivity contribution in [3.8, 4) is 0 Å². The van der Waals surface area contributed by atoms with E-state index in [9.17, 15) is 0 Å². The summed E-state index contributed by atoms with van der Waals surface area (Å²) in [4.78, 5) is 2.35. The quantitative estimate of drug-likeness (QED) is 0.842. The second-order valence-electron chi connectivity index (χ2n) is 4.73. The summed E-state index contributed by atoms with van der Waals surface area (Å²) >= 11 is 5.93. The van der Waals surface area contributed by atoms with Crippen LogP contribution >= 0.6 is 11.6 Å². The zero-order valence-electron chi connectivity index (χ0n) is 10.6. The lowest BCUT2D eigenvalue weighted by Gasteiger charge is -2.23. The van der Waals surface area contributed by atoms with E-state index in [4.69, 9.17) is 16.3 Å². The predicted octanol–water partition coefficient (Wildman–Crippen LogP) is 3.87. The van der Waals surface area contributed by atoms with Crippen LogP contribution in [0.25, 0.3) is 0 Å². The SMILES string of the molecule is Clc1ccc([C@H]2OCCN2Cc2ccccc2)cc1. The third-order valence-corrected chi connectivity index (χ3v) is 3.62. The van der Waals surface area contributed by atoms with Gasteiger partial charge in [0.05, 0.1) is 6.61 Å². The van der Waals surface area contributed by atoms with Gasteiger partial charge in [0, 0.05) is 18.1 Å². The molecule has 2 aromatic carbocycles. The second-order valence-corrected chi connectivity index (χ2v) is 5.17. The number of hydrogen-bond acceptors (Lipinski definition) is 2. The van der Waals surface area contributed by atoms with E-state index in [-0.39, 0.29) is 6.23 Å². The molecule has 2 aromatic rings. The smallest absolute Gasteiger partial charge is 0.137 e. The Morgan fingerprint density at radius 2 is 1.79 bits per heavy atom. The molecule has 0 unspecified atom stereocenters. The first-order valence-electron chi connectivity index (χ1n) is 6.48. The molecule has 0 aliphatic carbocycles. The van der Waals surface area contributed by atoms with Gasteiger partial charge >= 0.3 is 0 Å². The van der Waals surface area contributed by atoms with Crippen LogP contribution in [0.3, 0.4) is 0 Å². The molecular weight excluding hydrogens is 258 g/mol. The molecule has 0 N–H and O–H groups in total. The van der Waals surface area contributed by atoms with Gasteiger partial charge in [-0.3, -0.25) is 4.90 Å². The molecule has 1 atom stereocenters. The fourth-order valence-electron chi connectivity index (χ4n) is 2.42. The molecule has 1 aliphatic heterocycles. The fourth-order valence-corrected chi connectivity index (χ4v) is 2.54. The van der Waals surface area contributed by atoms with Crippen molar-refractivity contribution in [3.63, 3.8) is 0 Å². The molecule has 0 aromatic heterocycles. The van der Waals surface area contributed by atoms with E-state index in [1.165, 1.54) is 5.56 Å². The first kappa shape index (κ1) is 12.7. The first-order chi connectivity index (χ1) is 9.33. The molecule has 3 rings (SSSR count). The Labute approximate surface area is 118 Å². The lowest BCUT2D eigenvalue weighted by atomic mass is 10.1. The van der Waals surface area contributed by atoms with Crippen molar-refractivity contribution in [2.75, 3.05) is 13.2 Å². The van der Waals surface area contributed by atoms with Crippen LogP contribution < -0.4 is 0 Å². The number of hydrogen-bond donors (Lipinski definition) is 0. The monoisotopic (exact) mass is 273 g/mol. The van der Waals surface area contributed by atoms with Gasteiger partial charge in [-0.1, -0.05) is 54.1 Å². The summed E-state index contributed by atoms with van der Waals surface area (Å²) in [5, 5.41) is 0.761. The summed E-state index contributed by atoms with van der Waals surface area (Å²) in [5.74, 6) is 0. The average molecular weight is 274 g/mol. The molecule has 0 radical (unpaired) electrons. The average Bonchev–Trinajstić information content (AvgIpc) is 2.89. The maximum atomic E-state index is 5.93. The molecule has 0 spiro atoms. The van der Waals surface area contributed by atoms with Crippen LogP contribution in [0.1, 0.15) is 17.4 Å². The van der Waals surface area contributed by atoms with Gasteiger partial charge in [-0.25, -0.2) is 0 Å². The van der Waals surface area contributed by atoms with Crippen molar-refractivity contribution in [2.24, 2.45) is 0 Å².